The molecule has 15 heteroatoms. The highest BCUT2D eigenvalue weighted by Crippen LogP contribution is 2.42. The van der Waals surface area contributed by atoms with Crippen LogP contribution < -0.4 is 9.64 Å². The van der Waals surface area contributed by atoms with Gasteiger partial charge in [-0.25, -0.2) is 27.3 Å². The summed E-state index contributed by atoms with van der Waals surface area (Å²) in [5.74, 6) is -12.2. The summed E-state index contributed by atoms with van der Waals surface area (Å²) in [5, 5.41) is 9.66. The molecule has 0 saturated heterocycles. The standard InChI is InChI=1S/C40H37BrClF4N3O6/c1-5-55-30-16-23(39(53)54)10-11-28(30)49(18-21-13-25(22-8-9-22)15-26(14-21)40(2,3)4)31(51)20-48(19-24-7-6-12-47-37(24)42)38(52)29(50)17-27-32(41)34(44)36(46)35(45)33(27)43/h6-7,10-16,22H,5,8-9,17-20H2,1-4H3,(H,53,54). The van der Waals surface area contributed by atoms with Crippen LogP contribution in [-0.2, 0) is 39.3 Å². The van der Waals surface area contributed by atoms with Crippen LogP contribution in [0.4, 0.5) is 23.2 Å². The van der Waals surface area contributed by atoms with Crippen molar-refractivity contribution in [3.63, 3.8) is 0 Å². The highest BCUT2D eigenvalue weighted by molar-refractivity contribution is 9.10. The van der Waals surface area contributed by atoms with Gasteiger partial charge in [0, 0.05) is 30.3 Å². The lowest BCUT2D eigenvalue weighted by Crippen LogP contribution is -2.45. The number of halogens is 6. The molecule has 1 N–H and O–H groups in total. The van der Waals surface area contributed by atoms with E-state index in [4.69, 9.17) is 16.3 Å². The van der Waals surface area contributed by atoms with Gasteiger partial charge in [-0.05, 0) is 88.0 Å². The van der Waals surface area contributed by atoms with Crippen LogP contribution >= 0.6 is 27.5 Å². The molecule has 1 aliphatic carbocycles. The van der Waals surface area contributed by atoms with Gasteiger partial charge in [0.1, 0.15) is 17.4 Å². The molecule has 55 heavy (non-hydrogen) atoms. The van der Waals surface area contributed by atoms with Crippen molar-refractivity contribution in [1.29, 1.82) is 0 Å². The van der Waals surface area contributed by atoms with E-state index in [1.54, 1.807) is 6.92 Å². The van der Waals surface area contributed by atoms with Crippen molar-refractivity contribution >= 4 is 56.8 Å². The Morgan fingerprint density at radius 3 is 2.27 bits per heavy atom. The summed E-state index contributed by atoms with van der Waals surface area (Å²) in [5.41, 5.74) is 1.95. The van der Waals surface area contributed by atoms with Crippen molar-refractivity contribution in [3.8, 4) is 5.75 Å². The van der Waals surface area contributed by atoms with Crippen LogP contribution in [0.1, 0.15) is 84.6 Å². The monoisotopic (exact) mass is 845 g/mol. The van der Waals surface area contributed by atoms with E-state index in [2.05, 4.69) is 47.8 Å². The van der Waals surface area contributed by atoms with Crippen molar-refractivity contribution in [2.75, 3.05) is 18.1 Å². The van der Waals surface area contributed by atoms with Crippen LogP contribution in [0.2, 0.25) is 5.15 Å². The summed E-state index contributed by atoms with van der Waals surface area (Å²) in [6, 6.07) is 13.1. The largest absolute Gasteiger partial charge is 0.492 e. The predicted octanol–water partition coefficient (Wildman–Crippen LogP) is 8.70. The number of carbonyl (C=O) groups is 4. The first-order valence-electron chi connectivity index (χ1n) is 17.3. The number of pyridine rings is 1. The van der Waals surface area contributed by atoms with Crippen LogP contribution in [-0.4, -0.2) is 51.7 Å². The average molecular weight is 847 g/mol. The number of nitrogens with zero attached hydrogens (tertiary/aromatic N) is 3. The van der Waals surface area contributed by atoms with Gasteiger partial charge >= 0.3 is 5.97 Å². The number of hydrogen-bond donors (Lipinski definition) is 1. The van der Waals surface area contributed by atoms with E-state index in [-0.39, 0.29) is 46.3 Å². The fourth-order valence-corrected chi connectivity index (χ4v) is 6.60. The van der Waals surface area contributed by atoms with Crippen LogP contribution in [0.5, 0.6) is 5.75 Å². The highest BCUT2D eigenvalue weighted by atomic mass is 79.9. The van der Waals surface area contributed by atoms with Gasteiger partial charge in [-0.3, -0.25) is 14.4 Å². The number of rotatable bonds is 14. The van der Waals surface area contributed by atoms with Crippen molar-refractivity contribution < 1.29 is 46.6 Å². The van der Waals surface area contributed by atoms with Crippen molar-refractivity contribution in [1.82, 2.24) is 9.88 Å². The Morgan fingerprint density at radius 1 is 0.964 bits per heavy atom. The minimum absolute atomic E-state index is 0.0528. The molecule has 290 valence electrons. The zero-order valence-electron chi connectivity index (χ0n) is 30.3. The topological polar surface area (TPSA) is 117 Å². The summed E-state index contributed by atoms with van der Waals surface area (Å²) in [7, 11) is 0. The number of aromatic carboxylic acids is 1. The van der Waals surface area contributed by atoms with Gasteiger partial charge in [0.05, 0.1) is 28.9 Å². The van der Waals surface area contributed by atoms with Crippen LogP contribution in [0, 0.1) is 23.3 Å². The van der Waals surface area contributed by atoms with Gasteiger partial charge in [-0.2, -0.15) is 0 Å². The summed E-state index contributed by atoms with van der Waals surface area (Å²) in [6.45, 7) is 6.68. The van der Waals surface area contributed by atoms with Gasteiger partial charge in [-0.15, -0.1) is 0 Å². The molecule has 1 heterocycles. The number of ketones is 1. The molecule has 0 atom stereocenters. The van der Waals surface area contributed by atoms with E-state index >= 15 is 0 Å². The fraction of sp³-hybridized carbons (Fsp3) is 0.325. The molecule has 0 radical (unpaired) electrons. The second kappa shape index (κ2) is 16.9. The maximum Gasteiger partial charge on any atom is 0.335 e. The maximum atomic E-state index is 14.8. The smallest absolute Gasteiger partial charge is 0.335 e. The molecule has 3 aromatic carbocycles. The van der Waals surface area contributed by atoms with Crippen molar-refractivity contribution in [2.24, 2.45) is 0 Å². The number of aromatic nitrogens is 1. The number of carboxylic acids is 1. The van der Waals surface area contributed by atoms with E-state index in [1.807, 2.05) is 12.1 Å². The first-order chi connectivity index (χ1) is 25.9. The van der Waals surface area contributed by atoms with E-state index in [1.165, 1.54) is 41.4 Å². The summed E-state index contributed by atoms with van der Waals surface area (Å²) >= 11 is 8.95. The Labute approximate surface area is 328 Å². The SMILES string of the molecule is CCOc1cc(C(=O)O)ccc1N(Cc1cc(C2CC2)cc(C(C)(C)C)c1)C(=O)CN(Cc1cccnc1Cl)C(=O)C(=O)Cc1c(F)c(F)c(F)c(F)c1Br. The Kier molecular flexibility index (Phi) is 12.7. The molecule has 1 fully saturated rings. The van der Waals surface area contributed by atoms with Gasteiger partial charge in [0.15, 0.2) is 23.3 Å². The Balaban J connectivity index is 1.58. The lowest BCUT2D eigenvalue weighted by Gasteiger charge is -2.30. The maximum absolute atomic E-state index is 14.8. The molecule has 1 aromatic heterocycles. The number of amides is 2. The number of benzene rings is 3. The first kappa shape index (κ1) is 41.3. The van der Waals surface area contributed by atoms with Crippen LogP contribution in [0.15, 0.2) is 59.2 Å². The van der Waals surface area contributed by atoms with Gasteiger partial charge < -0.3 is 19.6 Å². The van der Waals surface area contributed by atoms with Crippen molar-refractivity contribution in [2.45, 2.75) is 71.4 Å². The molecule has 0 unspecified atom stereocenters. The molecule has 1 aliphatic rings. The molecule has 0 bridgehead atoms. The minimum atomic E-state index is -2.17. The summed E-state index contributed by atoms with van der Waals surface area (Å²) < 4.78 is 62.1. The molecule has 4 aromatic rings. The third-order valence-corrected chi connectivity index (χ3v) is 10.2. The Morgan fingerprint density at radius 2 is 1.65 bits per heavy atom. The molecule has 5 rings (SSSR count). The molecular weight excluding hydrogens is 810 g/mol. The quantitative estimate of drug-likeness (QED) is 0.0444. The summed E-state index contributed by atoms with van der Waals surface area (Å²) in [6.07, 6.45) is 2.22. The molecular formula is C40H37BrClF4N3O6. The zero-order valence-corrected chi connectivity index (χ0v) is 32.7. The molecule has 2 amide bonds. The highest BCUT2D eigenvalue weighted by Gasteiger charge is 2.33. The van der Waals surface area contributed by atoms with Crippen LogP contribution in [0.25, 0.3) is 0 Å². The third kappa shape index (κ3) is 9.53. The number of carboxylic acid groups (broad SMARTS) is 1. The first-order valence-corrected chi connectivity index (χ1v) is 18.4. The normalized spacial score (nSPS) is 12.7. The van der Waals surface area contributed by atoms with Gasteiger partial charge in [0.2, 0.25) is 11.7 Å². The Bertz CT molecular complexity index is 2150. The minimum Gasteiger partial charge on any atom is -0.492 e. The van der Waals surface area contributed by atoms with E-state index in [0.29, 0.717) is 5.92 Å². The third-order valence-electron chi connectivity index (χ3n) is 9.06. The molecule has 9 nitrogen and oxygen atoms in total. The van der Waals surface area contributed by atoms with Gasteiger partial charge in [0.25, 0.3) is 5.91 Å². The van der Waals surface area contributed by atoms with E-state index < -0.39 is 76.4 Å². The summed E-state index contributed by atoms with van der Waals surface area (Å²) in [4.78, 5) is 60.0. The fourth-order valence-electron chi connectivity index (χ4n) is 5.94. The van der Waals surface area contributed by atoms with E-state index in [9.17, 15) is 41.8 Å². The number of Topliss-reactive ketones (excluding diaryl/α,β-unsaturated/α-hetero) is 1. The molecule has 0 spiro atoms. The number of carbonyl (C=O) groups excluding carboxylic acids is 3. The lowest BCUT2D eigenvalue weighted by molar-refractivity contribution is -0.146. The average Bonchev–Trinajstić information content (AvgIpc) is 4.00. The Hall–Kier alpha value is -4.82. The number of hydrogen-bond acceptors (Lipinski definition) is 6. The second-order valence-corrected chi connectivity index (χ2v) is 15.3. The predicted molar refractivity (Wildman–Crippen MR) is 200 cm³/mol. The number of ether oxygens (including phenoxy) is 1. The van der Waals surface area contributed by atoms with Crippen molar-refractivity contribution in [3.05, 3.63) is 121 Å². The van der Waals surface area contributed by atoms with Gasteiger partial charge in [-0.1, -0.05) is 56.6 Å². The lowest BCUT2D eigenvalue weighted by atomic mass is 9.84. The van der Waals surface area contributed by atoms with E-state index in [0.717, 1.165) is 34.4 Å². The van der Waals surface area contributed by atoms with Crippen LogP contribution in [0.3, 0.4) is 0 Å². The zero-order chi connectivity index (χ0) is 40.4. The molecule has 1 saturated carbocycles. The second-order valence-electron chi connectivity index (χ2n) is 14.2. The molecule has 0 aliphatic heterocycles. The number of anilines is 1.